The average molecular weight is 471 g/mol. The molecule has 1 N–H and O–H groups in total. The SMILES string of the molecule is COCCCN1C(=O)C(CC(=O)NCCc2ccccn2)CC(C(=O)N2CCCCCC2)=C1C. The van der Waals surface area contributed by atoms with Crippen LogP contribution in [0, 0.1) is 5.92 Å². The minimum atomic E-state index is -0.535. The Morgan fingerprint density at radius 1 is 1.18 bits per heavy atom. The highest BCUT2D eigenvalue weighted by Gasteiger charge is 2.37. The van der Waals surface area contributed by atoms with Gasteiger partial charge >= 0.3 is 0 Å². The molecule has 1 atom stereocenters. The van der Waals surface area contributed by atoms with E-state index in [4.69, 9.17) is 4.74 Å². The fourth-order valence-corrected chi connectivity index (χ4v) is 4.71. The molecule has 34 heavy (non-hydrogen) atoms. The molecule has 3 heterocycles. The van der Waals surface area contributed by atoms with E-state index in [-0.39, 0.29) is 24.1 Å². The first-order chi connectivity index (χ1) is 16.5. The van der Waals surface area contributed by atoms with Crippen LogP contribution >= 0.6 is 0 Å². The monoisotopic (exact) mass is 470 g/mol. The Morgan fingerprint density at radius 2 is 1.94 bits per heavy atom. The molecule has 1 saturated heterocycles. The van der Waals surface area contributed by atoms with Crippen LogP contribution in [-0.2, 0) is 25.5 Å². The van der Waals surface area contributed by atoms with Crippen LogP contribution in [0.5, 0.6) is 0 Å². The van der Waals surface area contributed by atoms with Crippen molar-refractivity contribution in [1.29, 1.82) is 0 Å². The van der Waals surface area contributed by atoms with E-state index in [0.29, 0.717) is 44.5 Å². The zero-order valence-electron chi connectivity index (χ0n) is 20.6. The third-order valence-corrected chi connectivity index (χ3v) is 6.65. The van der Waals surface area contributed by atoms with E-state index >= 15 is 0 Å². The maximum atomic E-state index is 13.5. The Bertz CT molecular complexity index is 863. The second kappa shape index (κ2) is 13.2. The van der Waals surface area contributed by atoms with Crippen molar-refractivity contribution in [3.63, 3.8) is 0 Å². The average Bonchev–Trinajstić information content (AvgIpc) is 3.13. The van der Waals surface area contributed by atoms with E-state index in [1.807, 2.05) is 30.0 Å². The van der Waals surface area contributed by atoms with Crippen LogP contribution in [0.3, 0.4) is 0 Å². The highest BCUT2D eigenvalue weighted by Crippen LogP contribution is 2.31. The predicted octanol–water partition coefficient (Wildman–Crippen LogP) is 2.69. The van der Waals surface area contributed by atoms with Crippen LogP contribution in [-0.4, -0.2) is 72.4 Å². The molecule has 186 valence electrons. The summed E-state index contributed by atoms with van der Waals surface area (Å²) in [5, 5.41) is 2.91. The second-order valence-electron chi connectivity index (χ2n) is 9.13. The Morgan fingerprint density at radius 3 is 2.62 bits per heavy atom. The van der Waals surface area contributed by atoms with E-state index in [9.17, 15) is 14.4 Å². The number of aromatic nitrogens is 1. The van der Waals surface area contributed by atoms with Crippen LogP contribution in [0.1, 0.15) is 57.6 Å². The lowest BCUT2D eigenvalue weighted by molar-refractivity contribution is -0.138. The zero-order valence-corrected chi connectivity index (χ0v) is 20.6. The normalized spacial score (nSPS) is 19.2. The van der Waals surface area contributed by atoms with E-state index < -0.39 is 5.92 Å². The summed E-state index contributed by atoms with van der Waals surface area (Å²) >= 11 is 0. The van der Waals surface area contributed by atoms with Gasteiger partial charge in [-0.15, -0.1) is 0 Å². The summed E-state index contributed by atoms with van der Waals surface area (Å²) in [4.78, 5) is 47.3. The number of carbonyl (C=O) groups excluding carboxylic acids is 3. The largest absolute Gasteiger partial charge is 0.385 e. The van der Waals surface area contributed by atoms with Crippen LogP contribution in [0.2, 0.25) is 0 Å². The fourth-order valence-electron chi connectivity index (χ4n) is 4.71. The summed E-state index contributed by atoms with van der Waals surface area (Å²) in [5.74, 6) is -0.774. The van der Waals surface area contributed by atoms with Crippen LogP contribution in [0.15, 0.2) is 35.7 Å². The minimum Gasteiger partial charge on any atom is -0.385 e. The number of nitrogens with one attached hydrogen (secondary N) is 1. The van der Waals surface area contributed by atoms with Gasteiger partial charge in [0.15, 0.2) is 0 Å². The summed E-state index contributed by atoms with van der Waals surface area (Å²) in [6, 6.07) is 5.69. The summed E-state index contributed by atoms with van der Waals surface area (Å²) in [5.41, 5.74) is 2.30. The van der Waals surface area contributed by atoms with Crippen molar-refractivity contribution >= 4 is 17.7 Å². The third-order valence-electron chi connectivity index (χ3n) is 6.65. The number of allylic oxidation sites excluding steroid dienone is 1. The van der Waals surface area contributed by atoms with Gasteiger partial charge in [-0.3, -0.25) is 19.4 Å². The number of nitrogens with zero attached hydrogens (tertiary/aromatic N) is 3. The summed E-state index contributed by atoms with van der Waals surface area (Å²) in [6.07, 6.45) is 7.73. The number of methoxy groups -OCH3 is 1. The smallest absolute Gasteiger partial charge is 0.251 e. The summed E-state index contributed by atoms with van der Waals surface area (Å²) < 4.78 is 5.16. The first-order valence-corrected chi connectivity index (χ1v) is 12.5. The molecule has 8 nitrogen and oxygen atoms in total. The topological polar surface area (TPSA) is 91.8 Å². The van der Waals surface area contributed by atoms with Gasteiger partial charge in [0.05, 0.1) is 5.92 Å². The molecule has 3 rings (SSSR count). The lowest BCUT2D eigenvalue weighted by atomic mass is 9.88. The van der Waals surface area contributed by atoms with E-state index in [0.717, 1.165) is 50.2 Å². The maximum Gasteiger partial charge on any atom is 0.251 e. The standard InChI is InChI=1S/C26H38N4O4/c1-20-23(26(33)29-14-7-3-4-8-15-29)18-21(25(32)30(20)16-9-17-34-2)19-24(31)28-13-11-22-10-5-6-12-27-22/h5-6,10,12,21H,3-4,7-9,11,13-19H2,1-2H3,(H,28,31). The number of carbonyl (C=O) groups is 3. The molecular weight excluding hydrogens is 432 g/mol. The molecule has 3 amide bonds. The highest BCUT2D eigenvalue weighted by molar-refractivity contribution is 5.98. The van der Waals surface area contributed by atoms with Crippen LogP contribution in [0.25, 0.3) is 0 Å². The molecule has 0 bridgehead atoms. The number of hydrogen-bond acceptors (Lipinski definition) is 5. The van der Waals surface area contributed by atoms with Crippen molar-refractivity contribution in [3.05, 3.63) is 41.4 Å². The van der Waals surface area contributed by atoms with Gasteiger partial charge in [0, 0.05) is 75.9 Å². The van der Waals surface area contributed by atoms with E-state index in [1.54, 1.807) is 18.2 Å². The van der Waals surface area contributed by atoms with Gasteiger partial charge in [-0.25, -0.2) is 0 Å². The lowest BCUT2D eigenvalue weighted by Crippen LogP contribution is -2.45. The Hall–Kier alpha value is -2.74. The number of likely N-dealkylation sites (tertiary alicyclic amines) is 1. The molecule has 0 aliphatic carbocycles. The number of amides is 3. The summed E-state index contributed by atoms with van der Waals surface area (Å²) in [7, 11) is 1.63. The van der Waals surface area contributed by atoms with Crippen molar-refractivity contribution in [2.45, 2.75) is 58.3 Å². The first-order valence-electron chi connectivity index (χ1n) is 12.5. The molecule has 2 aliphatic heterocycles. The first kappa shape index (κ1) is 25.9. The van der Waals surface area contributed by atoms with Gasteiger partial charge in [0.25, 0.3) is 5.91 Å². The Kier molecular flexibility index (Phi) is 10.1. The number of ether oxygens (including phenoxy) is 1. The second-order valence-corrected chi connectivity index (χ2v) is 9.13. The van der Waals surface area contributed by atoms with Gasteiger partial charge < -0.3 is 19.9 Å². The molecule has 1 aromatic heterocycles. The van der Waals surface area contributed by atoms with Gasteiger partial charge in [-0.1, -0.05) is 18.9 Å². The molecule has 0 radical (unpaired) electrons. The number of rotatable bonds is 10. The van der Waals surface area contributed by atoms with Crippen molar-refractivity contribution in [3.8, 4) is 0 Å². The molecule has 2 aliphatic rings. The highest BCUT2D eigenvalue weighted by atomic mass is 16.5. The molecule has 0 spiro atoms. The van der Waals surface area contributed by atoms with Crippen molar-refractivity contribution in [2.75, 3.05) is 39.9 Å². The number of hydrogen-bond donors (Lipinski definition) is 1. The third kappa shape index (κ3) is 7.13. The van der Waals surface area contributed by atoms with Crippen molar-refractivity contribution < 1.29 is 19.1 Å². The van der Waals surface area contributed by atoms with E-state index in [1.165, 1.54) is 0 Å². The Balaban J connectivity index is 1.67. The molecule has 1 aromatic rings. The minimum absolute atomic E-state index is 0.0178. The van der Waals surface area contributed by atoms with Crippen LogP contribution < -0.4 is 5.32 Å². The van der Waals surface area contributed by atoms with Gasteiger partial charge in [-0.05, 0) is 44.7 Å². The van der Waals surface area contributed by atoms with Crippen LogP contribution in [0.4, 0.5) is 0 Å². The molecular formula is C26H38N4O4. The van der Waals surface area contributed by atoms with Gasteiger partial charge in [0.2, 0.25) is 11.8 Å². The van der Waals surface area contributed by atoms with Gasteiger partial charge in [0.1, 0.15) is 0 Å². The Labute approximate surface area is 202 Å². The van der Waals surface area contributed by atoms with E-state index in [2.05, 4.69) is 10.3 Å². The quantitative estimate of drug-likeness (QED) is 0.531. The molecule has 8 heteroatoms. The van der Waals surface area contributed by atoms with Gasteiger partial charge in [-0.2, -0.15) is 0 Å². The molecule has 1 fully saturated rings. The summed E-state index contributed by atoms with van der Waals surface area (Å²) in [6.45, 7) is 4.84. The lowest BCUT2D eigenvalue weighted by Gasteiger charge is -2.36. The maximum absolute atomic E-state index is 13.5. The predicted molar refractivity (Wildman–Crippen MR) is 130 cm³/mol. The zero-order chi connectivity index (χ0) is 24.3. The fraction of sp³-hybridized carbons (Fsp3) is 0.615. The van der Waals surface area contributed by atoms with Crippen molar-refractivity contribution in [2.24, 2.45) is 5.92 Å². The molecule has 1 unspecified atom stereocenters. The number of pyridine rings is 1. The molecule has 0 aromatic carbocycles. The van der Waals surface area contributed by atoms with Crippen molar-refractivity contribution in [1.82, 2.24) is 20.1 Å². The molecule has 0 saturated carbocycles.